The Bertz CT molecular complexity index is 539. The van der Waals surface area contributed by atoms with Crippen LogP contribution in [0, 0.1) is 0 Å². The van der Waals surface area contributed by atoms with Crippen LogP contribution >= 0.6 is 0 Å². The van der Waals surface area contributed by atoms with Crippen molar-refractivity contribution in [2.24, 2.45) is 0 Å². The molecule has 2 amide bonds. The number of hydroxylamine groups is 2. The van der Waals surface area contributed by atoms with Gasteiger partial charge in [-0.3, -0.25) is 9.63 Å². The van der Waals surface area contributed by atoms with Gasteiger partial charge in [0.15, 0.2) is 0 Å². The van der Waals surface area contributed by atoms with Gasteiger partial charge < -0.3 is 10.1 Å². The fraction of sp³-hybridized carbons (Fsp3) is 0.500. The van der Waals surface area contributed by atoms with E-state index in [1.54, 1.807) is 20.8 Å². The molecule has 1 heterocycles. The minimum absolute atomic E-state index is 0.233. The Morgan fingerprint density at radius 1 is 1.27 bits per heavy atom. The van der Waals surface area contributed by atoms with Crippen molar-refractivity contribution in [2.45, 2.75) is 52.0 Å². The highest BCUT2D eigenvalue weighted by Crippen LogP contribution is 2.22. The average molecular weight is 306 g/mol. The van der Waals surface area contributed by atoms with Crippen molar-refractivity contribution in [3.05, 3.63) is 35.9 Å². The van der Waals surface area contributed by atoms with Crippen molar-refractivity contribution in [1.82, 2.24) is 10.4 Å². The molecular formula is C16H22N2O4. The normalized spacial score (nSPS) is 21.3. The molecule has 2 rings (SSSR count). The van der Waals surface area contributed by atoms with E-state index in [2.05, 4.69) is 5.32 Å². The molecular weight excluding hydrogens is 284 g/mol. The lowest BCUT2D eigenvalue weighted by Crippen LogP contribution is -2.69. The summed E-state index contributed by atoms with van der Waals surface area (Å²) in [7, 11) is 0. The summed E-state index contributed by atoms with van der Waals surface area (Å²) in [6.45, 7) is 7.44. The maximum atomic E-state index is 12.0. The number of β-lactam (4-membered cyclic amide) rings is 1. The topological polar surface area (TPSA) is 67.9 Å². The molecule has 0 aromatic heterocycles. The van der Waals surface area contributed by atoms with Gasteiger partial charge in [0.1, 0.15) is 18.2 Å². The fourth-order valence-electron chi connectivity index (χ4n) is 2.11. The van der Waals surface area contributed by atoms with E-state index in [9.17, 15) is 9.59 Å². The second kappa shape index (κ2) is 6.36. The van der Waals surface area contributed by atoms with E-state index >= 15 is 0 Å². The Labute approximate surface area is 130 Å². The highest BCUT2D eigenvalue weighted by atomic mass is 16.7. The van der Waals surface area contributed by atoms with Crippen LogP contribution in [-0.4, -0.2) is 34.7 Å². The number of carbonyl (C=O) groups is 2. The lowest BCUT2D eigenvalue weighted by Gasteiger charge is -2.43. The third-order valence-corrected chi connectivity index (χ3v) is 3.22. The first kappa shape index (κ1) is 16.3. The van der Waals surface area contributed by atoms with E-state index in [4.69, 9.17) is 9.57 Å². The van der Waals surface area contributed by atoms with E-state index < -0.39 is 17.7 Å². The first-order valence-corrected chi connectivity index (χ1v) is 7.27. The molecule has 1 fully saturated rings. The molecule has 1 aliphatic rings. The quantitative estimate of drug-likeness (QED) is 0.866. The predicted octanol–water partition coefficient (Wildman–Crippen LogP) is 2.24. The van der Waals surface area contributed by atoms with Crippen LogP contribution in [0.5, 0.6) is 0 Å². The standard InChI is InChI=1S/C16H22N2O4/c1-11-13(17-15(20)22-16(2,3)4)14(19)18(11)21-10-12-8-6-5-7-9-12/h5-9,11,13H,10H2,1-4H3,(H,17,20)/t11-,13-/m1/s1. The monoisotopic (exact) mass is 306 g/mol. The lowest BCUT2D eigenvalue weighted by atomic mass is 10.0. The fourth-order valence-corrected chi connectivity index (χ4v) is 2.11. The zero-order valence-corrected chi connectivity index (χ0v) is 13.3. The van der Waals surface area contributed by atoms with Crippen molar-refractivity contribution < 1.29 is 19.2 Å². The molecule has 1 aromatic carbocycles. The molecule has 6 heteroatoms. The third kappa shape index (κ3) is 3.98. The molecule has 1 aromatic rings. The molecule has 0 spiro atoms. The Morgan fingerprint density at radius 2 is 1.91 bits per heavy atom. The number of rotatable bonds is 4. The SMILES string of the molecule is C[C@@H]1[C@@H](NC(=O)OC(C)(C)C)C(=O)N1OCc1ccccc1. The Hall–Kier alpha value is -2.08. The summed E-state index contributed by atoms with van der Waals surface area (Å²) in [5, 5.41) is 3.85. The van der Waals surface area contributed by atoms with Gasteiger partial charge in [-0.2, -0.15) is 0 Å². The van der Waals surface area contributed by atoms with E-state index in [1.165, 1.54) is 5.06 Å². The van der Waals surface area contributed by atoms with E-state index in [1.807, 2.05) is 37.3 Å². The minimum Gasteiger partial charge on any atom is -0.444 e. The highest BCUT2D eigenvalue weighted by Gasteiger charge is 2.47. The second-order valence-electron chi connectivity index (χ2n) is 6.29. The molecule has 1 saturated heterocycles. The molecule has 0 radical (unpaired) electrons. The number of nitrogens with zero attached hydrogens (tertiary/aromatic N) is 1. The predicted molar refractivity (Wildman–Crippen MR) is 80.7 cm³/mol. The van der Waals surface area contributed by atoms with Gasteiger partial charge >= 0.3 is 6.09 Å². The average Bonchev–Trinajstić information content (AvgIpc) is 2.44. The van der Waals surface area contributed by atoms with Gasteiger partial charge in [-0.1, -0.05) is 30.3 Å². The van der Waals surface area contributed by atoms with Crippen LogP contribution < -0.4 is 5.32 Å². The highest BCUT2D eigenvalue weighted by molar-refractivity contribution is 5.91. The van der Waals surface area contributed by atoms with Gasteiger partial charge in [0, 0.05) is 0 Å². The number of alkyl carbamates (subject to hydrolysis) is 1. The summed E-state index contributed by atoms with van der Waals surface area (Å²) in [6, 6.07) is 8.74. The number of amides is 2. The maximum Gasteiger partial charge on any atom is 0.408 e. The third-order valence-electron chi connectivity index (χ3n) is 3.22. The smallest absolute Gasteiger partial charge is 0.408 e. The number of carbonyl (C=O) groups excluding carboxylic acids is 2. The van der Waals surface area contributed by atoms with Crippen molar-refractivity contribution >= 4 is 12.0 Å². The van der Waals surface area contributed by atoms with Gasteiger partial charge in [-0.25, -0.2) is 9.86 Å². The summed E-state index contributed by atoms with van der Waals surface area (Å²) in [4.78, 5) is 29.2. The lowest BCUT2D eigenvalue weighted by molar-refractivity contribution is -0.237. The minimum atomic E-state index is -0.606. The number of benzene rings is 1. The van der Waals surface area contributed by atoms with Gasteiger partial charge in [-0.05, 0) is 33.3 Å². The molecule has 1 aliphatic heterocycles. The molecule has 1 N–H and O–H groups in total. The molecule has 22 heavy (non-hydrogen) atoms. The van der Waals surface area contributed by atoms with Crippen LogP contribution in [0.3, 0.4) is 0 Å². The van der Waals surface area contributed by atoms with Gasteiger partial charge in [-0.15, -0.1) is 0 Å². The van der Waals surface area contributed by atoms with Gasteiger partial charge in [0.2, 0.25) is 0 Å². The summed E-state index contributed by atoms with van der Waals surface area (Å²) >= 11 is 0. The van der Waals surface area contributed by atoms with Crippen molar-refractivity contribution in [2.75, 3.05) is 0 Å². The van der Waals surface area contributed by atoms with Crippen LogP contribution in [0.1, 0.15) is 33.3 Å². The van der Waals surface area contributed by atoms with Crippen molar-refractivity contribution in [1.29, 1.82) is 0 Å². The van der Waals surface area contributed by atoms with E-state index in [0.29, 0.717) is 6.61 Å². The zero-order chi connectivity index (χ0) is 16.3. The first-order valence-electron chi connectivity index (χ1n) is 7.27. The van der Waals surface area contributed by atoms with Gasteiger partial charge in [0.05, 0.1) is 6.04 Å². The maximum absolute atomic E-state index is 12.0. The van der Waals surface area contributed by atoms with Crippen LogP contribution in [0.25, 0.3) is 0 Å². The van der Waals surface area contributed by atoms with Gasteiger partial charge in [0.25, 0.3) is 5.91 Å². The van der Waals surface area contributed by atoms with Crippen molar-refractivity contribution in [3.8, 4) is 0 Å². The molecule has 0 bridgehead atoms. The largest absolute Gasteiger partial charge is 0.444 e. The van der Waals surface area contributed by atoms with Crippen molar-refractivity contribution in [3.63, 3.8) is 0 Å². The van der Waals surface area contributed by atoms with Crippen LogP contribution in [-0.2, 0) is 21.0 Å². The number of hydrogen-bond donors (Lipinski definition) is 1. The molecule has 0 unspecified atom stereocenters. The first-order chi connectivity index (χ1) is 10.3. The Morgan fingerprint density at radius 3 is 2.45 bits per heavy atom. The van der Waals surface area contributed by atoms with E-state index in [0.717, 1.165) is 5.56 Å². The number of hydrogen-bond acceptors (Lipinski definition) is 4. The molecule has 0 aliphatic carbocycles. The Balaban J connectivity index is 1.82. The number of ether oxygens (including phenoxy) is 1. The zero-order valence-electron chi connectivity index (χ0n) is 13.3. The summed E-state index contributed by atoms with van der Waals surface area (Å²) in [5.74, 6) is -0.269. The summed E-state index contributed by atoms with van der Waals surface area (Å²) in [5.41, 5.74) is 0.384. The molecule has 6 nitrogen and oxygen atoms in total. The molecule has 120 valence electrons. The summed E-state index contributed by atoms with van der Waals surface area (Å²) < 4.78 is 5.14. The second-order valence-corrected chi connectivity index (χ2v) is 6.29. The molecule has 0 saturated carbocycles. The van der Waals surface area contributed by atoms with Crippen LogP contribution in [0.4, 0.5) is 4.79 Å². The van der Waals surface area contributed by atoms with Crippen LogP contribution in [0.15, 0.2) is 30.3 Å². The van der Waals surface area contributed by atoms with Crippen LogP contribution in [0.2, 0.25) is 0 Å². The Kier molecular flexibility index (Phi) is 4.71. The van der Waals surface area contributed by atoms with E-state index in [-0.39, 0.29) is 11.9 Å². The molecule has 2 atom stereocenters. The summed E-state index contributed by atoms with van der Waals surface area (Å²) in [6.07, 6.45) is -0.597. The number of nitrogens with one attached hydrogen (secondary N) is 1.